The number of likely N-dealkylation sites (tertiary alicyclic amines) is 1. The van der Waals surface area contributed by atoms with Crippen LogP contribution in [0, 0.1) is 12.8 Å². The highest BCUT2D eigenvalue weighted by Crippen LogP contribution is 2.36. The van der Waals surface area contributed by atoms with Crippen LogP contribution in [0.25, 0.3) is 0 Å². The molecule has 132 valence electrons. The molecule has 2 fully saturated rings. The van der Waals surface area contributed by atoms with Crippen LogP contribution in [0.15, 0.2) is 5.38 Å². The van der Waals surface area contributed by atoms with Gasteiger partial charge in [0.05, 0.1) is 23.3 Å². The second-order valence-electron chi connectivity index (χ2n) is 7.10. The fourth-order valence-electron chi connectivity index (χ4n) is 3.39. The summed E-state index contributed by atoms with van der Waals surface area (Å²) in [5.74, 6) is 0.0756. The number of aromatic nitrogens is 1. The molecule has 6 nitrogen and oxygen atoms in total. The molecular formula is C17H25N3O3S. The van der Waals surface area contributed by atoms with Crippen molar-refractivity contribution in [3.05, 3.63) is 16.1 Å². The Bertz CT molecular complexity index is 620. The molecule has 2 aliphatic rings. The molecule has 0 bridgehead atoms. The Morgan fingerprint density at radius 3 is 2.71 bits per heavy atom. The molecule has 0 aliphatic carbocycles. The molecule has 3 heterocycles. The molecule has 24 heavy (non-hydrogen) atoms. The topological polar surface area (TPSA) is 71.5 Å². The third-order valence-electron chi connectivity index (χ3n) is 4.88. The van der Waals surface area contributed by atoms with Crippen molar-refractivity contribution in [1.82, 2.24) is 15.2 Å². The van der Waals surface area contributed by atoms with Gasteiger partial charge in [-0.05, 0) is 26.2 Å². The summed E-state index contributed by atoms with van der Waals surface area (Å²) in [6.45, 7) is 7.62. The van der Waals surface area contributed by atoms with E-state index in [1.54, 1.807) is 0 Å². The third kappa shape index (κ3) is 3.62. The maximum absolute atomic E-state index is 12.5. The lowest BCUT2D eigenvalue weighted by molar-refractivity contribution is -0.124. The first kappa shape index (κ1) is 17.4. The molecule has 1 N–H and O–H groups in total. The van der Waals surface area contributed by atoms with Gasteiger partial charge >= 0.3 is 0 Å². The van der Waals surface area contributed by atoms with Gasteiger partial charge in [0.25, 0.3) is 5.91 Å². The molecule has 1 atom stereocenters. The predicted octanol–water partition coefficient (Wildman–Crippen LogP) is 1.99. The van der Waals surface area contributed by atoms with E-state index in [9.17, 15) is 9.59 Å². The largest absolute Gasteiger partial charge is 0.373 e. The maximum atomic E-state index is 12.5. The van der Waals surface area contributed by atoms with Crippen LogP contribution in [0.3, 0.4) is 0 Å². The highest BCUT2D eigenvalue weighted by Gasteiger charge is 2.44. The van der Waals surface area contributed by atoms with Crippen LogP contribution in [0.2, 0.25) is 0 Å². The second kappa shape index (κ2) is 6.80. The first-order valence-electron chi connectivity index (χ1n) is 8.54. The zero-order valence-corrected chi connectivity index (χ0v) is 15.3. The molecule has 0 aromatic carbocycles. The normalized spacial score (nSPS) is 23.0. The Hall–Kier alpha value is -1.47. The monoisotopic (exact) mass is 351 g/mol. The number of thiazole rings is 1. The first-order chi connectivity index (χ1) is 11.4. The van der Waals surface area contributed by atoms with Crippen molar-refractivity contribution >= 4 is 23.2 Å². The summed E-state index contributed by atoms with van der Waals surface area (Å²) >= 11 is 1.50. The Balaban J connectivity index is 1.53. The minimum atomic E-state index is -0.191. The fourth-order valence-corrected chi connectivity index (χ4v) is 3.98. The molecule has 2 amide bonds. The van der Waals surface area contributed by atoms with Crippen LogP contribution in [-0.2, 0) is 9.53 Å². The minimum Gasteiger partial charge on any atom is -0.373 e. The summed E-state index contributed by atoms with van der Waals surface area (Å²) < 4.78 is 6.05. The molecule has 1 unspecified atom stereocenters. The van der Waals surface area contributed by atoms with Gasteiger partial charge in [0.15, 0.2) is 0 Å². The van der Waals surface area contributed by atoms with Gasteiger partial charge in [0.2, 0.25) is 5.91 Å². The van der Waals surface area contributed by atoms with E-state index in [4.69, 9.17) is 4.74 Å². The summed E-state index contributed by atoms with van der Waals surface area (Å²) in [4.78, 5) is 30.5. The molecule has 2 saturated heterocycles. The Labute approximate surface area is 146 Å². The number of carbonyl (C=O) groups excluding carboxylic acids is 2. The fraction of sp³-hybridized carbons (Fsp3) is 0.706. The lowest BCUT2D eigenvalue weighted by Gasteiger charge is -2.38. The SMILES string of the molecule is Cc1nc(C(=O)N2CCC3(CC2)CC(NC(=O)C(C)C)CO3)cs1. The highest BCUT2D eigenvalue weighted by atomic mass is 32.1. The standard InChI is InChI=1S/C17H25N3O3S/c1-11(2)15(21)19-13-8-17(23-9-13)4-6-20(7-5-17)16(22)14-10-24-12(3)18-14/h10-11,13H,4-9H2,1-3H3,(H,19,21). The molecule has 2 aliphatic heterocycles. The number of ether oxygens (including phenoxy) is 1. The van der Waals surface area contributed by atoms with Gasteiger partial charge in [-0.2, -0.15) is 0 Å². The van der Waals surface area contributed by atoms with Gasteiger partial charge in [-0.25, -0.2) is 4.98 Å². The zero-order chi connectivity index (χ0) is 17.3. The van der Waals surface area contributed by atoms with Crippen molar-refractivity contribution in [3.63, 3.8) is 0 Å². The van der Waals surface area contributed by atoms with E-state index >= 15 is 0 Å². The molecule has 3 rings (SSSR count). The van der Waals surface area contributed by atoms with Crippen molar-refractivity contribution < 1.29 is 14.3 Å². The minimum absolute atomic E-state index is 0.0110. The van der Waals surface area contributed by atoms with Crippen LogP contribution in [-0.4, -0.2) is 53.0 Å². The maximum Gasteiger partial charge on any atom is 0.273 e. The molecule has 0 saturated carbocycles. The number of piperidine rings is 1. The third-order valence-corrected chi connectivity index (χ3v) is 5.65. The average Bonchev–Trinajstić information content (AvgIpc) is 3.14. The number of nitrogens with one attached hydrogen (secondary N) is 1. The van der Waals surface area contributed by atoms with Crippen LogP contribution in [0.5, 0.6) is 0 Å². The zero-order valence-electron chi connectivity index (χ0n) is 14.5. The van der Waals surface area contributed by atoms with E-state index in [1.807, 2.05) is 31.1 Å². The molecule has 1 spiro atoms. The van der Waals surface area contributed by atoms with Crippen molar-refractivity contribution in [2.75, 3.05) is 19.7 Å². The summed E-state index contributed by atoms with van der Waals surface area (Å²) in [6.07, 6.45) is 2.47. The predicted molar refractivity (Wildman–Crippen MR) is 92.1 cm³/mol. The quantitative estimate of drug-likeness (QED) is 0.904. The van der Waals surface area contributed by atoms with E-state index in [0.717, 1.165) is 24.3 Å². The van der Waals surface area contributed by atoms with E-state index < -0.39 is 0 Å². The number of carbonyl (C=O) groups is 2. The lowest BCUT2D eigenvalue weighted by atomic mass is 9.87. The summed E-state index contributed by atoms with van der Waals surface area (Å²) in [5, 5.41) is 5.80. The van der Waals surface area contributed by atoms with E-state index in [1.165, 1.54) is 11.3 Å². The Morgan fingerprint density at radius 2 is 2.12 bits per heavy atom. The van der Waals surface area contributed by atoms with Crippen molar-refractivity contribution in [2.24, 2.45) is 5.92 Å². The molecule has 0 radical (unpaired) electrons. The number of hydrogen-bond donors (Lipinski definition) is 1. The van der Waals surface area contributed by atoms with Gasteiger partial charge in [0, 0.05) is 24.4 Å². The number of rotatable bonds is 3. The average molecular weight is 351 g/mol. The van der Waals surface area contributed by atoms with Crippen LogP contribution < -0.4 is 5.32 Å². The lowest BCUT2D eigenvalue weighted by Crippen LogP contribution is -2.47. The second-order valence-corrected chi connectivity index (χ2v) is 8.16. The highest BCUT2D eigenvalue weighted by molar-refractivity contribution is 7.09. The van der Waals surface area contributed by atoms with Crippen molar-refractivity contribution in [3.8, 4) is 0 Å². The van der Waals surface area contributed by atoms with Gasteiger partial charge in [-0.3, -0.25) is 9.59 Å². The number of hydrogen-bond acceptors (Lipinski definition) is 5. The molecule has 7 heteroatoms. The van der Waals surface area contributed by atoms with Gasteiger partial charge in [0.1, 0.15) is 5.69 Å². The van der Waals surface area contributed by atoms with Gasteiger partial charge in [-0.1, -0.05) is 13.8 Å². The molecule has 1 aromatic rings. The van der Waals surface area contributed by atoms with E-state index in [2.05, 4.69) is 10.3 Å². The number of nitrogens with zero attached hydrogens (tertiary/aromatic N) is 2. The van der Waals surface area contributed by atoms with Crippen LogP contribution in [0.4, 0.5) is 0 Å². The smallest absolute Gasteiger partial charge is 0.273 e. The Kier molecular flexibility index (Phi) is 4.92. The number of aryl methyl sites for hydroxylation is 1. The first-order valence-corrected chi connectivity index (χ1v) is 9.42. The molecular weight excluding hydrogens is 326 g/mol. The van der Waals surface area contributed by atoms with Crippen LogP contribution in [0.1, 0.15) is 48.6 Å². The van der Waals surface area contributed by atoms with Gasteiger partial charge in [-0.15, -0.1) is 11.3 Å². The van der Waals surface area contributed by atoms with Crippen LogP contribution >= 0.6 is 11.3 Å². The molecule has 1 aromatic heterocycles. The van der Waals surface area contributed by atoms with E-state index in [-0.39, 0.29) is 29.4 Å². The Morgan fingerprint density at radius 1 is 1.42 bits per heavy atom. The van der Waals surface area contributed by atoms with Gasteiger partial charge < -0.3 is 15.0 Å². The summed E-state index contributed by atoms with van der Waals surface area (Å²) in [7, 11) is 0. The van der Waals surface area contributed by atoms with Crippen molar-refractivity contribution in [2.45, 2.75) is 51.7 Å². The summed E-state index contributed by atoms with van der Waals surface area (Å²) in [6, 6.07) is 0.0864. The van der Waals surface area contributed by atoms with Crippen molar-refractivity contribution in [1.29, 1.82) is 0 Å². The summed E-state index contributed by atoms with van der Waals surface area (Å²) in [5.41, 5.74) is 0.354. The van der Waals surface area contributed by atoms with E-state index in [0.29, 0.717) is 25.4 Å². The number of amides is 2.